The van der Waals surface area contributed by atoms with Crippen molar-refractivity contribution in [2.75, 3.05) is 50.8 Å². The van der Waals surface area contributed by atoms with Crippen molar-refractivity contribution < 1.29 is 38.9 Å². The first-order valence-electron chi connectivity index (χ1n) is 23.4. The van der Waals surface area contributed by atoms with Crippen LogP contribution in [0.15, 0.2) is 24.3 Å². The Hall–Kier alpha value is -3.14. The summed E-state index contributed by atoms with van der Waals surface area (Å²) in [5, 5.41) is 29.7. The van der Waals surface area contributed by atoms with Crippen LogP contribution in [0.25, 0.3) is 0 Å². The number of likely N-dealkylation sites (tertiary alicyclic amines) is 2. The second-order valence-corrected chi connectivity index (χ2v) is 23.0. The molecule has 2 saturated heterocycles. The van der Waals surface area contributed by atoms with E-state index < -0.39 is 34.1 Å². The molecule has 4 heterocycles. The average Bonchev–Trinajstić information content (AvgIpc) is 3.78. The summed E-state index contributed by atoms with van der Waals surface area (Å²) in [5.74, 6) is 3.17. The molecule has 6 aliphatic carbocycles. The maximum atomic E-state index is 13.8. The molecule has 0 aromatic heterocycles. The summed E-state index contributed by atoms with van der Waals surface area (Å²) in [7, 11) is 2.83. The molecule has 0 amide bonds. The van der Waals surface area contributed by atoms with E-state index in [1.165, 1.54) is 60.1 Å². The van der Waals surface area contributed by atoms with Gasteiger partial charge in [0, 0.05) is 60.2 Å². The van der Waals surface area contributed by atoms with Gasteiger partial charge in [0.15, 0.2) is 58.3 Å². The molecule has 12 nitrogen and oxygen atoms in total. The first-order valence-corrected chi connectivity index (χ1v) is 25.9. The van der Waals surface area contributed by atoms with Gasteiger partial charge in [-0.1, -0.05) is 46.6 Å². The SMILES string of the molecule is O=C(CN[C@@]12CCC(=O)[C@@H]3Oc4c(O)ccc5c4[C@@]31CCN(CC1CCC1)[C@@H]2C5)CSSCC(=O)CN[C@@]12CCC(=O)[C@@H]3Oc4c(O)ccc5c4[C@@]31CCN(CC1CCC1)[C@@H]2C5. The Labute approximate surface area is 370 Å². The van der Waals surface area contributed by atoms with Crippen LogP contribution in [0, 0.1) is 11.8 Å². The number of hydrogen-bond donors (Lipinski definition) is 4. The summed E-state index contributed by atoms with van der Waals surface area (Å²) >= 11 is 0. The molecular weight excluding hydrogens is 825 g/mol. The monoisotopic (exact) mass is 882 g/mol. The van der Waals surface area contributed by atoms with Gasteiger partial charge in [0.1, 0.15) is 0 Å². The fourth-order valence-electron chi connectivity index (χ4n) is 14.9. The molecule has 2 aromatic carbocycles. The quantitative estimate of drug-likeness (QED) is 0.146. The fraction of sp³-hybridized carbons (Fsp3) is 0.667. The van der Waals surface area contributed by atoms with Crippen molar-refractivity contribution >= 4 is 44.7 Å². The lowest BCUT2D eigenvalue weighted by Gasteiger charge is -2.65. The number of rotatable bonds is 15. The van der Waals surface area contributed by atoms with Crippen molar-refractivity contribution in [1.82, 2.24) is 20.4 Å². The Morgan fingerprint density at radius 3 is 1.50 bits per heavy atom. The molecule has 4 saturated carbocycles. The number of piperidine rings is 2. The third-order valence-electron chi connectivity index (χ3n) is 18.0. The summed E-state index contributed by atoms with van der Waals surface area (Å²) in [6, 6.07) is 7.66. The van der Waals surface area contributed by atoms with Gasteiger partial charge >= 0.3 is 0 Å². The van der Waals surface area contributed by atoms with Gasteiger partial charge in [-0.15, -0.1) is 0 Å². The first kappa shape index (κ1) is 40.4. The highest BCUT2D eigenvalue weighted by Crippen LogP contribution is 2.66. The number of ether oxygens (including phenoxy) is 2. The number of carbonyl (C=O) groups excluding carboxylic acids is 4. The number of ketones is 4. The number of Topliss-reactive ketones (excluding diaryl/α,β-unsaturated/α-hetero) is 4. The van der Waals surface area contributed by atoms with E-state index in [1.807, 2.05) is 12.1 Å². The lowest BCUT2D eigenvalue weighted by Crippen LogP contribution is -2.81. The van der Waals surface area contributed by atoms with E-state index in [2.05, 4.69) is 20.4 Å². The Kier molecular flexibility index (Phi) is 9.56. The molecule has 0 radical (unpaired) electrons. The zero-order valence-corrected chi connectivity index (χ0v) is 37.0. The van der Waals surface area contributed by atoms with Crippen LogP contribution >= 0.6 is 21.6 Å². The highest BCUT2D eigenvalue weighted by Gasteiger charge is 2.75. The Morgan fingerprint density at radius 2 is 1.10 bits per heavy atom. The summed E-state index contributed by atoms with van der Waals surface area (Å²) in [6.07, 6.45) is 11.2. The zero-order valence-electron chi connectivity index (χ0n) is 35.4. The molecule has 4 bridgehead atoms. The summed E-state index contributed by atoms with van der Waals surface area (Å²) in [4.78, 5) is 60.2. The van der Waals surface area contributed by atoms with Gasteiger partial charge in [-0.2, -0.15) is 0 Å². The van der Waals surface area contributed by atoms with Gasteiger partial charge in [0.05, 0.1) is 35.4 Å². The standard InChI is InChI=1S/C48H58N4O8S2/c53-31(21-49-47-13-11-35(57)43-45(47)15-17-51(23-27-3-1-4-27)37(47)19-29-7-9-33(55)41(59-43)39(29)45)25-61-62-26-32(54)22-50-48-14-12-36(58)44-46(48)16-18-52(24-28-5-2-6-28)38(48)20-30-8-10-34(56)42(60-44)40(30)46/h7-10,27-28,37-38,43-44,49-50,55-56H,1-6,11-26H2/t37-,38-,43+,44+,45+,46+,47-,48-/m1/s1. The van der Waals surface area contributed by atoms with Gasteiger partial charge in [0.2, 0.25) is 0 Å². The lowest BCUT2D eigenvalue weighted by atomic mass is 9.47. The normalized spacial score (nSPS) is 36.3. The van der Waals surface area contributed by atoms with Crippen molar-refractivity contribution in [3.05, 3.63) is 46.5 Å². The Bertz CT molecular complexity index is 2110. The number of nitrogens with one attached hydrogen (secondary N) is 2. The van der Waals surface area contributed by atoms with Crippen LogP contribution in [-0.4, -0.2) is 129 Å². The van der Waals surface area contributed by atoms with Crippen LogP contribution < -0.4 is 20.1 Å². The number of carbonyl (C=O) groups is 4. The number of hydrogen-bond acceptors (Lipinski definition) is 14. The molecule has 330 valence electrons. The molecular formula is C48H58N4O8S2. The summed E-state index contributed by atoms with van der Waals surface area (Å²) in [6.45, 7) is 4.10. The molecule has 12 rings (SSSR count). The van der Waals surface area contributed by atoms with Gasteiger partial charge in [-0.3, -0.25) is 29.0 Å². The predicted octanol–water partition coefficient (Wildman–Crippen LogP) is 4.56. The van der Waals surface area contributed by atoms with Crippen LogP contribution in [0.5, 0.6) is 23.0 Å². The largest absolute Gasteiger partial charge is 0.504 e. The van der Waals surface area contributed by atoms with Crippen LogP contribution in [0.1, 0.15) is 99.3 Å². The Balaban J connectivity index is 0.726. The van der Waals surface area contributed by atoms with E-state index in [4.69, 9.17) is 9.47 Å². The minimum absolute atomic E-state index is 0.0493. The molecule has 6 fully saturated rings. The van der Waals surface area contributed by atoms with Crippen molar-refractivity contribution in [1.29, 1.82) is 0 Å². The topological polar surface area (TPSA) is 158 Å². The first-order chi connectivity index (χ1) is 30.1. The molecule has 4 N–H and O–H groups in total. The summed E-state index contributed by atoms with van der Waals surface area (Å²) < 4.78 is 12.9. The third-order valence-corrected chi connectivity index (χ3v) is 20.3. The summed E-state index contributed by atoms with van der Waals surface area (Å²) in [5.41, 5.74) is 1.87. The number of aromatic hydroxyl groups is 2. The van der Waals surface area contributed by atoms with Crippen LogP contribution in [0.4, 0.5) is 0 Å². The maximum absolute atomic E-state index is 13.8. The van der Waals surface area contributed by atoms with Crippen LogP contribution in [-0.2, 0) is 42.8 Å². The van der Waals surface area contributed by atoms with E-state index in [0.29, 0.717) is 49.0 Å². The molecule has 2 spiro atoms. The van der Waals surface area contributed by atoms with Gasteiger partial charge in [-0.25, -0.2) is 0 Å². The lowest BCUT2D eigenvalue weighted by molar-refractivity contribution is -0.146. The molecule has 8 atom stereocenters. The minimum atomic E-state index is -0.678. The fourth-order valence-corrected chi connectivity index (χ4v) is 16.8. The third kappa shape index (κ3) is 5.48. The van der Waals surface area contributed by atoms with E-state index in [1.54, 1.807) is 12.1 Å². The Morgan fingerprint density at radius 1 is 0.661 bits per heavy atom. The predicted molar refractivity (Wildman–Crippen MR) is 235 cm³/mol. The number of nitrogens with zero attached hydrogens (tertiary/aromatic N) is 2. The minimum Gasteiger partial charge on any atom is -0.504 e. The van der Waals surface area contributed by atoms with E-state index >= 15 is 0 Å². The molecule has 10 aliphatic rings. The van der Waals surface area contributed by atoms with Crippen molar-refractivity contribution in [2.24, 2.45) is 11.8 Å². The van der Waals surface area contributed by atoms with E-state index in [0.717, 1.165) is 74.1 Å². The highest BCUT2D eigenvalue weighted by molar-refractivity contribution is 8.77. The number of phenols is 2. The van der Waals surface area contributed by atoms with Crippen LogP contribution in [0.3, 0.4) is 0 Å². The van der Waals surface area contributed by atoms with Gasteiger partial charge in [0.25, 0.3) is 0 Å². The smallest absolute Gasteiger partial charge is 0.174 e. The van der Waals surface area contributed by atoms with Gasteiger partial charge < -0.3 is 30.3 Å². The van der Waals surface area contributed by atoms with E-state index in [9.17, 15) is 29.4 Å². The van der Waals surface area contributed by atoms with Gasteiger partial charge in [-0.05, 0) is 112 Å². The molecule has 2 aromatic rings. The van der Waals surface area contributed by atoms with Crippen molar-refractivity contribution in [2.45, 2.75) is 136 Å². The molecule has 0 unspecified atom stereocenters. The van der Waals surface area contributed by atoms with Crippen LogP contribution in [0.2, 0.25) is 0 Å². The number of benzene rings is 2. The van der Waals surface area contributed by atoms with E-state index in [-0.39, 0.29) is 71.3 Å². The average molecular weight is 883 g/mol. The highest BCUT2D eigenvalue weighted by atomic mass is 33.1. The molecule has 4 aliphatic heterocycles. The second-order valence-electron chi connectivity index (χ2n) is 20.5. The molecule has 14 heteroatoms. The molecule has 62 heavy (non-hydrogen) atoms. The maximum Gasteiger partial charge on any atom is 0.174 e. The zero-order chi connectivity index (χ0) is 42.2. The van der Waals surface area contributed by atoms with Crippen molar-refractivity contribution in [3.8, 4) is 23.0 Å². The number of phenolic OH excluding ortho intramolecular Hbond substituents is 2. The second kappa shape index (κ2) is 14.7. The van der Waals surface area contributed by atoms with Crippen molar-refractivity contribution in [3.63, 3.8) is 0 Å².